The van der Waals surface area contributed by atoms with Crippen molar-refractivity contribution in [1.29, 1.82) is 0 Å². The van der Waals surface area contributed by atoms with Crippen LogP contribution >= 0.6 is 15.9 Å². The molecule has 4 N–H and O–H groups in total. The van der Waals surface area contributed by atoms with Crippen molar-refractivity contribution in [1.82, 2.24) is 4.98 Å². The Hall–Kier alpha value is -1.33. The Morgan fingerprint density at radius 3 is 2.79 bits per heavy atom. The van der Waals surface area contributed by atoms with Gasteiger partial charge in [-0.25, -0.2) is 0 Å². The van der Waals surface area contributed by atoms with E-state index in [0.29, 0.717) is 11.6 Å². The van der Waals surface area contributed by atoms with Crippen molar-refractivity contribution in [3.8, 4) is 0 Å². The van der Waals surface area contributed by atoms with E-state index in [4.69, 9.17) is 5.73 Å². The predicted molar refractivity (Wildman–Crippen MR) is 83.2 cm³/mol. The summed E-state index contributed by atoms with van der Waals surface area (Å²) in [6.07, 6.45) is 1.75. The number of nitrogen functional groups attached to an aromatic ring is 1. The fourth-order valence-electron chi connectivity index (χ4n) is 1.96. The van der Waals surface area contributed by atoms with Gasteiger partial charge in [0.05, 0.1) is 23.9 Å². The molecule has 0 aliphatic rings. The number of anilines is 2. The van der Waals surface area contributed by atoms with Crippen molar-refractivity contribution >= 4 is 38.2 Å². The summed E-state index contributed by atoms with van der Waals surface area (Å²) in [4.78, 5) is 4.42. The second-order valence-corrected chi connectivity index (χ2v) is 5.85. The second kappa shape index (κ2) is 5.75. The van der Waals surface area contributed by atoms with Crippen molar-refractivity contribution in [2.45, 2.75) is 19.9 Å². The number of pyridine rings is 1. The summed E-state index contributed by atoms with van der Waals surface area (Å²) in [7, 11) is 0. The number of benzene rings is 1. The van der Waals surface area contributed by atoms with Gasteiger partial charge in [0.2, 0.25) is 0 Å². The third-order valence-corrected chi connectivity index (χ3v) is 3.63. The summed E-state index contributed by atoms with van der Waals surface area (Å²) in [5.41, 5.74) is 8.39. The highest BCUT2D eigenvalue weighted by Gasteiger charge is 2.14. The van der Waals surface area contributed by atoms with E-state index in [-0.39, 0.29) is 12.6 Å². The molecular formula is C14H18BrN3O. The molecule has 2 rings (SSSR count). The van der Waals surface area contributed by atoms with Crippen molar-refractivity contribution in [3.63, 3.8) is 0 Å². The van der Waals surface area contributed by atoms with E-state index in [1.807, 2.05) is 18.2 Å². The average molecular weight is 324 g/mol. The molecule has 4 nitrogen and oxygen atoms in total. The lowest BCUT2D eigenvalue weighted by atomic mass is 10.0. The van der Waals surface area contributed by atoms with Gasteiger partial charge in [-0.3, -0.25) is 4.98 Å². The molecule has 1 heterocycles. The van der Waals surface area contributed by atoms with Crippen LogP contribution in [-0.2, 0) is 0 Å². The van der Waals surface area contributed by atoms with Gasteiger partial charge in [-0.05, 0) is 40.0 Å². The van der Waals surface area contributed by atoms with Crippen molar-refractivity contribution in [2.24, 2.45) is 5.92 Å². The molecule has 19 heavy (non-hydrogen) atoms. The largest absolute Gasteiger partial charge is 0.398 e. The van der Waals surface area contributed by atoms with E-state index >= 15 is 0 Å². The van der Waals surface area contributed by atoms with Gasteiger partial charge in [0, 0.05) is 21.7 Å². The highest BCUT2D eigenvalue weighted by Crippen LogP contribution is 2.29. The number of halogens is 1. The number of fused-ring (bicyclic) bond motifs is 1. The first-order valence-corrected chi connectivity index (χ1v) is 7.03. The molecule has 1 unspecified atom stereocenters. The van der Waals surface area contributed by atoms with Gasteiger partial charge in [0.25, 0.3) is 0 Å². The highest BCUT2D eigenvalue weighted by atomic mass is 79.9. The molecule has 1 aromatic heterocycles. The highest BCUT2D eigenvalue weighted by molar-refractivity contribution is 9.10. The number of hydrogen-bond donors (Lipinski definition) is 3. The van der Waals surface area contributed by atoms with E-state index in [1.165, 1.54) is 0 Å². The van der Waals surface area contributed by atoms with Gasteiger partial charge in [-0.2, -0.15) is 0 Å². The zero-order valence-electron chi connectivity index (χ0n) is 11.0. The van der Waals surface area contributed by atoms with Crippen LogP contribution in [0.2, 0.25) is 0 Å². The Bertz CT molecular complexity index is 586. The Labute approximate surface area is 121 Å². The van der Waals surface area contributed by atoms with Crippen LogP contribution in [0.15, 0.2) is 28.9 Å². The molecule has 1 aromatic carbocycles. The monoisotopic (exact) mass is 323 g/mol. The van der Waals surface area contributed by atoms with Gasteiger partial charge >= 0.3 is 0 Å². The molecule has 0 radical (unpaired) electrons. The van der Waals surface area contributed by atoms with Gasteiger partial charge in [0.1, 0.15) is 0 Å². The smallest absolute Gasteiger partial charge is 0.0954 e. The van der Waals surface area contributed by atoms with Crippen LogP contribution in [0.3, 0.4) is 0 Å². The van der Waals surface area contributed by atoms with Crippen LogP contribution in [0, 0.1) is 5.92 Å². The van der Waals surface area contributed by atoms with Gasteiger partial charge in [-0.15, -0.1) is 0 Å². The fourth-order valence-corrected chi connectivity index (χ4v) is 2.29. The van der Waals surface area contributed by atoms with Gasteiger partial charge < -0.3 is 16.2 Å². The third-order valence-electron chi connectivity index (χ3n) is 3.19. The topological polar surface area (TPSA) is 71.2 Å². The Morgan fingerprint density at radius 2 is 2.16 bits per heavy atom. The molecule has 0 amide bonds. The first-order valence-electron chi connectivity index (χ1n) is 6.24. The molecule has 102 valence electrons. The molecule has 0 fully saturated rings. The number of nitrogens with one attached hydrogen (secondary N) is 1. The molecule has 0 aliphatic carbocycles. The molecule has 5 heteroatoms. The minimum absolute atomic E-state index is 0.00253. The van der Waals surface area contributed by atoms with Crippen LogP contribution in [0.1, 0.15) is 13.8 Å². The number of aliphatic hydroxyl groups is 1. The lowest BCUT2D eigenvalue weighted by Crippen LogP contribution is -2.29. The zero-order chi connectivity index (χ0) is 14.0. The summed E-state index contributed by atoms with van der Waals surface area (Å²) >= 11 is 3.40. The number of rotatable bonds is 4. The first-order chi connectivity index (χ1) is 9.02. The maximum Gasteiger partial charge on any atom is 0.0954 e. The Kier molecular flexibility index (Phi) is 4.27. The number of aromatic nitrogens is 1. The standard InChI is InChI=1S/C14H18BrN3O/c1-8(2)13(7-19)18-12-4-3-11(16)10-5-9(15)6-17-14(10)12/h3-6,8,13,18-19H,7,16H2,1-2H3. The molecule has 2 aromatic rings. The number of nitrogens with zero attached hydrogens (tertiary/aromatic N) is 1. The van der Waals surface area contributed by atoms with Crippen molar-refractivity contribution in [3.05, 3.63) is 28.9 Å². The number of aliphatic hydroxyl groups excluding tert-OH is 1. The predicted octanol–water partition coefficient (Wildman–Crippen LogP) is 3.01. The summed E-state index contributed by atoms with van der Waals surface area (Å²) in [5.74, 6) is 0.327. The van der Waals surface area contributed by atoms with Crippen molar-refractivity contribution in [2.75, 3.05) is 17.7 Å². The van der Waals surface area contributed by atoms with Gasteiger partial charge in [0.15, 0.2) is 0 Å². The van der Waals surface area contributed by atoms with E-state index < -0.39 is 0 Å². The number of hydrogen-bond acceptors (Lipinski definition) is 4. The minimum Gasteiger partial charge on any atom is -0.398 e. The molecule has 0 bridgehead atoms. The Morgan fingerprint density at radius 1 is 1.42 bits per heavy atom. The first kappa shape index (κ1) is 14.1. The van der Waals surface area contributed by atoms with Crippen LogP contribution < -0.4 is 11.1 Å². The molecule has 1 atom stereocenters. The maximum atomic E-state index is 9.41. The molecule has 0 saturated carbocycles. The van der Waals surface area contributed by atoms with E-state index in [1.54, 1.807) is 6.20 Å². The summed E-state index contributed by atoms with van der Waals surface area (Å²) < 4.78 is 0.895. The molecular weight excluding hydrogens is 306 g/mol. The normalized spacial score (nSPS) is 12.9. The molecule has 0 saturated heterocycles. The lowest BCUT2D eigenvalue weighted by Gasteiger charge is -2.22. The summed E-state index contributed by atoms with van der Waals surface area (Å²) in [5, 5.41) is 13.7. The quantitative estimate of drug-likeness (QED) is 0.756. The van der Waals surface area contributed by atoms with Gasteiger partial charge in [-0.1, -0.05) is 13.8 Å². The van der Waals surface area contributed by atoms with Crippen LogP contribution in [0.5, 0.6) is 0 Å². The molecule has 0 aliphatic heterocycles. The SMILES string of the molecule is CC(C)C(CO)Nc1ccc(N)c2cc(Br)cnc12. The van der Waals surface area contributed by atoms with Crippen LogP contribution in [0.4, 0.5) is 11.4 Å². The second-order valence-electron chi connectivity index (χ2n) is 4.93. The summed E-state index contributed by atoms with van der Waals surface area (Å²) in [6.45, 7) is 4.22. The third kappa shape index (κ3) is 2.98. The van der Waals surface area contributed by atoms with E-state index in [9.17, 15) is 5.11 Å². The zero-order valence-corrected chi connectivity index (χ0v) is 12.6. The maximum absolute atomic E-state index is 9.41. The number of nitrogens with two attached hydrogens (primary N) is 1. The Balaban J connectivity index is 2.47. The van der Waals surface area contributed by atoms with Crippen LogP contribution in [0.25, 0.3) is 10.9 Å². The lowest BCUT2D eigenvalue weighted by molar-refractivity contribution is 0.249. The minimum atomic E-state index is -0.00253. The average Bonchev–Trinajstić information content (AvgIpc) is 2.38. The molecule has 0 spiro atoms. The van der Waals surface area contributed by atoms with Crippen molar-refractivity contribution < 1.29 is 5.11 Å². The van der Waals surface area contributed by atoms with E-state index in [2.05, 4.69) is 40.1 Å². The fraction of sp³-hybridized carbons (Fsp3) is 0.357. The van der Waals surface area contributed by atoms with Crippen LogP contribution in [-0.4, -0.2) is 22.7 Å². The summed E-state index contributed by atoms with van der Waals surface area (Å²) in [6, 6.07) is 5.71. The van der Waals surface area contributed by atoms with E-state index in [0.717, 1.165) is 21.1 Å².